The number of amides is 2. The summed E-state index contributed by atoms with van der Waals surface area (Å²) < 4.78 is 5.36. The minimum Gasteiger partial charge on any atom is -0.445 e. The Hall–Kier alpha value is -3.19. The van der Waals surface area contributed by atoms with Crippen molar-refractivity contribution in [1.29, 1.82) is 0 Å². The summed E-state index contributed by atoms with van der Waals surface area (Å²) >= 11 is 0. The summed E-state index contributed by atoms with van der Waals surface area (Å²) in [5.74, 6) is -0.837. The van der Waals surface area contributed by atoms with Gasteiger partial charge >= 0.3 is 6.09 Å². The van der Waals surface area contributed by atoms with Gasteiger partial charge in [-0.15, -0.1) is 0 Å². The summed E-state index contributed by atoms with van der Waals surface area (Å²) in [5, 5.41) is 16.0. The zero-order chi connectivity index (χ0) is 25.6. The summed E-state index contributed by atoms with van der Waals surface area (Å²) in [6, 6.07) is 18.1. The first-order valence-electron chi connectivity index (χ1n) is 12.1. The van der Waals surface area contributed by atoms with Crippen LogP contribution in [0.15, 0.2) is 60.7 Å². The van der Waals surface area contributed by atoms with Gasteiger partial charge in [-0.1, -0.05) is 74.5 Å². The molecule has 3 rings (SSSR count). The molecule has 1 unspecified atom stereocenters. The van der Waals surface area contributed by atoms with E-state index in [1.165, 1.54) is 13.8 Å². The molecule has 0 bridgehead atoms. The smallest absolute Gasteiger partial charge is 0.408 e. The van der Waals surface area contributed by atoms with Gasteiger partial charge in [0.25, 0.3) is 0 Å². The predicted octanol–water partition coefficient (Wildman–Crippen LogP) is 3.79. The second-order valence-electron chi connectivity index (χ2n) is 10.2. The van der Waals surface area contributed by atoms with Gasteiger partial charge in [0.15, 0.2) is 5.78 Å². The molecule has 0 spiro atoms. The lowest BCUT2D eigenvalue weighted by atomic mass is 9.92. The average molecular weight is 481 g/mol. The van der Waals surface area contributed by atoms with Gasteiger partial charge in [-0.25, -0.2) is 4.79 Å². The fraction of sp³-hybridized carbons (Fsp3) is 0.464. The van der Waals surface area contributed by atoms with Crippen molar-refractivity contribution < 1.29 is 24.2 Å². The number of hydrogen-bond donors (Lipinski definition) is 3. The van der Waals surface area contributed by atoms with Crippen molar-refractivity contribution in [3.63, 3.8) is 0 Å². The maximum atomic E-state index is 13.5. The van der Waals surface area contributed by atoms with E-state index in [1.807, 2.05) is 74.5 Å². The van der Waals surface area contributed by atoms with E-state index in [-0.39, 0.29) is 18.4 Å². The normalized spacial score (nSPS) is 20.1. The largest absolute Gasteiger partial charge is 0.445 e. The number of ether oxygens (including phenoxy) is 1. The van der Waals surface area contributed by atoms with E-state index in [0.717, 1.165) is 11.1 Å². The summed E-state index contributed by atoms with van der Waals surface area (Å²) in [6.45, 7) is 6.91. The van der Waals surface area contributed by atoms with Gasteiger partial charge < -0.3 is 20.5 Å². The SMILES string of the molecule is CC(C)[C@@H]1CC1(NC(=O)OCc1ccccc1)C(=O)N[C@@H](CCc1ccccc1)C(=O)C(C)(C)O. The quantitative estimate of drug-likeness (QED) is 0.454. The van der Waals surface area contributed by atoms with E-state index >= 15 is 0 Å². The van der Waals surface area contributed by atoms with Crippen molar-refractivity contribution in [2.45, 2.75) is 70.7 Å². The standard InChI is InChI=1S/C28H36N2O5/c1-19(2)22-17-28(22,30-26(33)35-18-21-13-9-6-10-14-21)25(32)29-23(24(31)27(3,4)34)16-15-20-11-7-5-8-12-20/h5-14,19,22-23,34H,15-18H2,1-4H3,(H,29,32)(H,30,33)/t22-,23-,28?/m0/s1. The Morgan fingerprint density at radius 1 is 1.03 bits per heavy atom. The van der Waals surface area contributed by atoms with Crippen LogP contribution in [-0.4, -0.2) is 40.1 Å². The highest BCUT2D eigenvalue weighted by Gasteiger charge is 2.62. The molecule has 3 N–H and O–H groups in total. The van der Waals surface area contributed by atoms with Gasteiger partial charge in [-0.3, -0.25) is 9.59 Å². The fourth-order valence-electron chi connectivity index (χ4n) is 4.43. The molecule has 1 saturated carbocycles. The summed E-state index contributed by atoms with van der Waals surface area (Å²) in [6.07, 6.45) is 0.668. The average Bonchev–Trinajstić information content (AvgIpc) is 3.56. The molecular formula is C28H36N2O5. The third kappa shape index (κ3) is 6.92. The lowest BCUT2D eigenvalue weighted by Crippen LogP contribution is -2.57. The van der Waals surface area contributed by atoms with Gasteiger partial charge in [0.05, 0.1) is 6.04 Å². The number of nitrogens with one attached hydrogen (secondary N) is 2. The molecule has 188 valence electrons. The lowest BCUT2D eigenvalue weighted by Gasteiger charge is -2.27. The van der Waals surface area contributed by atoms with Crippen LogP contribution in [0.2, 0.25) is 0 Å². The van der Waals surface area contributed by atoms with Crippen molar-refractivity contribution in [1.82, 2.24) is 10.6 Å². The number of aryl methyl sites for hydroxylation is 1. The molecule has 2 amide bonds. The molecule has 1 aliphatic rings. The van der Waals surface area contributed by atoms with Gasteiger partial charge in [0, 0.05) is 0 Å². The Kier molecular flexibility index (Phi) is 8.33. The van der Waals surface area contributed by atoms with Crippen LogP contribution in [0.25, 0.3) is 0 Å². The van der Waals surface area contributed by atoms with E-state index in [1.54, 1.807) is 0 Å². The molecule has 2 aromatic carbocycles. The maximum absolute atomic E-state index is 13.5. The van der Waals surface area contributed by atoms with Crippen LogP contribution >= 0.6 is 0 Å². The molecule has 1 fully saturated rings. The summed E-state index contributed by atoms with van der Waals surface area (Å²) in [7, 11) is 0. The number of carbonyl (C=O) groups excluding carboxylic acids is 3. The van der Waals surface area contributed by atoms with Gasteiger partial charge in [0.2, 0.25) is 5.91 Å². The van der Waals surface area contributed by atoms with Crippen LogP contribution in [0, 0.1) is 11.8 Å². The Bertz CT molecular complexity index is 1020. The van der Waals surface area contributed by atoms with Crippen LogP contribution in [0.3, 0.4) is 0 Å². The van der Waals surface area contributed by atoms with Crippen LogP contribution in [0.1, 0.15) is 51.7 Å². The Balaban J connectivity index is 1.71. The molecule has 35 heavy (non-hydrogen) atoms. The van der Waals surface area contributed by atoms with Gasteiger partial charge in [-0.2, -0.15) is 0 Å². The molecule has 0 saturated heterocycles. The highest BCUT2D eigenvalue weighted by atomic mass is 16.5. The lowest BCUT2D eigenvalue weighted by molar-refractivity contribution is -0.139. The highest BCUT2D eigenvalue weighted by Crippen LogP contribution is 2.48. The maximum Gasteiger partial charge on any atom is 0.408 e. The number of benzene rings is 2. The van der Waals surface area contributed by atoms with E-state index in [2.05, 4.69) is 10.6 Å². The number of hydrogen-bond acceptors (Lipinski definition) is 5. The molecular weight excluding hydrogens is 444 g/mol. The number of carbonyl (C=O) groups is 3. The second kappa shape index (κ2) is 11.0. The number of rotatable bonds is 11. The number of aliphatic hydroxyl groups is 1. The minimum absolute atomic E-state index is 0.0845. The second-order valence-corrected chi connectivity index (χ2v) is 10.2. The Labute approximate surface area is 207 Å². The van der Waals surface area contributed by atoms with Crippen molar-refractivity contribution in [2.24, 2.45) is 11.8 Å². The predicted molar refractivity (Wildman–Crippen MR) is 133 cm³/mol. The first kappa shape index (κ1) is 26.4. The monoisotopic (exact) mass is 480 g/mol. The molecule has 7 heteroatoms. The number of alkyl carbamates (subject to hydrolysis) is 1. The first-order chi connectivity index (χ1) is 16.5. The minimum atomic E-state index is -1.61. The zero-order valence-corrected chi connectivity index (χ0v) is 20.9. The van der Waals surface area contributed by atoms with Crippen molar-refractivity contribution in [2.75, 3.05) is 0 Å². The van der Waals surface area contributed by atoms with Crippen molar-refractivity contribution >= 4 is 17.8 Å². The Morgan fingerprint density at radius 2 is 1.60 bits per heavy atom. The van der Waals surface area contributed by atoms with E-state index in [4.69, 9.17) is 4.74 Å². The van der Waals surface area contributed by atoms with Crippen LogP contribution in [-0.2, 0) is 27.4 Å². The highest BCUT2D eigenvalue weighted by molar-refractivity contribution is 5.99. The van der Waals surface area contributed by atoms with E-state index in [0.29, 0.717) is 19.3 Å². The molecule has 0 aliphatic heterocycles. The molecule has 7 nitrogen and oxygen atoms in total. The van der Waals surface area contributed by atoms with Crippen LogP contribution < -0.4 is 10.6 Å². The number of ketones is 1. The topological polar surface area (TPSA) is 105 Å². The number of Topliss-reactive ketones (excluding diaryl/α,β-unsaturated/α-hetero) is 1. The molecule has 1 aliphatic carbocycles. The molecule has 0 heterocycles. The Morgan fingerprint density at radius 3 is 2.11 bits per heavy atom. The van der Waals surface area contributed by atoms with Crippen molar-refractivity contribution in [3.8, 4) is 0 Å². The third-order valence-corrected chi connectivity index (χ3v) is 6.55. The summed E-state index contributed by atoms with van der Waals surface area (Å²) in [5.41, 5.74) is -0.884. The molecule has 2 aromatic rings. The van der Waals surface area contributed by atoms with Crippen LogP contribution in [0.4, 0.5) is 4.79 Å². The molecule has 3 atom stereocenters. The fourth-order valence-corrected chi connectivity index (χ4v) is 4.43. The first-order valence-corrected chi connectivity index (χ1v) is 12.1. The van der Waals surface area contributed by atoms with Crippen LogP contribution in [0.5, 0.6) is 0 Å². The zero-order valence-electron chi connectivity index (χ0n) is 20.9. The van der Waals surface area contributed by atoms with Gasteiger partial charge in [-0.05, 0) is 56.1 Å². The molecule has 0 radical (unpaired) electrons. The molecule has 0 aromatic heterocycles. The van der Waals surface area contributed by atoms with E-state index < -0.39 is 35.0 Å². The van der Waals surface area contributed by atoms with Gasteiger partial charge in [0.1, 0.15) is 17.7 Å². The third-order valence-electron chi connectivity index (χ3n) is 6.55. The van der Waals surface area contributed by atoms with E-state index in [9.17, 15) is 19.5 Å². The van der Waals surface area contributed by atoms with Crippen molar-refractivity contribution in [3.05, 3.63) is 71.8 Å². The summed E-state index contributed by atoms with van der Waals surface area (Å²) in [4.78, 5) is 39.1.